The van der Waals surface area contributed by atoms with Gasteiger partial charge in [0.2, 0.25) is 0 Å². The van der Waals surface area contributed by atoms with Crippen LogP contribution in [0.25, 0.3) is 0 Å². The van der Waals surface area contributed by atoms with Gasteiger partial charge in [0.25, 0.3) is 0 Å². The SMILES string of the molecule is CC(C#N)CN(C)c1ncncc1Br. The van der Waals surface area contributed by atoms with E-state index in [4.69, 9.17) is 5.26 Å². The van der Waals surface area contributed by atoms with E-state index < -0.39 is 0 Å². The van der Waals surface area contributed by atoms with Gasteiger partial charge in [-0.3, -0.25) is 0 Å². The Balaban J connectivity index is 2.75. The number of nitrogens with zero attached hydrogens (tertiary/aromatic N) is 4. The van der Waals surface area contributed by atoms with Crippen LogP contribution in [0, 0.1) is 17.2 Å². The molecule has 0 saturated carbocycles. The Hall–Kier alpha value is -1.15. The van der Waals surface area contributed by atoms with Gasteiger partial charge in [-0.05, 0) is 22.9 Å². The maximum absolute atomic E-state index is 8.68. The van der Waals surface area contributed by atoms with E-state index in [-0.39, 0.29) is 5.92 Å². The van der Waals surface area contributed by atoms with Crippen LogP contribution in [0.15, 0.2) is 17.0 Å². The Kier molecular flexibility index (Phi) is 3.84. The van der Waals surface area contributed by atoms with Crippen molar-refractivity contribution in [2.45, 2.75) is 6.92 Å². The predicted molar refractivity (Wildman–Crippen MR) is 57.8 cm³/mol. The van der Waals surface area contributed by atoms with E-state index in [9.17, 15) is 0 Å². The molecule has 0 aliphatic rings. The normalized spacial score (nSPS) is 11.9. The van der Waals surface area contributed by atoms with Crippen molar-refractivity contribution >= 4 is 21.7 Å². The summed E-state index contributed by atoms with van der Waals surface area (Å²) in [5.41, 5.74) is 0. The van der Waals surface area contributed by atoms with Crippen LogP contribution in [0.3, 0.4) is 0 Å². The van der Waals surface area contributed by atoms with E-state index in [1.54, 1.807) is 6.20 Å². The van der Waals surface area contributed by atoms with Gasteiger partial charge in [-0.1, -0.05) is 0 Å². The highest BCUT2D eigenvalue weighted by molar-refractivity contribution is 9.10. The first-order valence-electron chi connectivity index (χ1n) is 4.21. The molecule has 4 nitrogen and oxygen atoms in total. The molecule has 1 rings (SSSR count). The van der Waals surface area contributed by atoms with Gasteiger partial charge in [0.1, 0.15) is 12.1 Å². The van der Waals surface area contributed by atoms with Crippen molar-refractivity contribution in [3.63, 3.8) is 0 Å². The molecule has 0 aliphatic carbocycles. The molecule has 0 amide bonds. The van der Waals surface area contributed by atoms with Crippen LogP contribution in [0.1, 0.15) is 6.92 Å². The van der Waals surface area contributed by atoms with E-state index >= 15 is 0 Å². The number of hydrogen-bond donors (Lipinski definition) is 0. The Bertz CT molecular complexity index is 347. The first kappa shape index (κ1) is 10.9. The van der Waals surface area contributed by atoms with Crippen molar-refractivity contribution in [1.29, 1.82) is 5.26 Å². The van der Waals surface area contributed by atoms with Crippen molar-refractivity contribution in [3.8, 4) is 6.07 Å². The fourth-order valence-electron chi connectivity index (χ4n) is 1.13. The second kappa shape index (κ2) is 4.91. The average molecular weight is 255 g/mol. The molecule has 0 fully saturated rings. The summed E-state index contributed by atoms with van der Waals surface area (Å²) in [5, 5.41) is 8.68. The lowest BCUT2D eigenvalue weighted by Crippen LogP contribution is -2.24. The molecule has 5 heteroatoms. The molecule has 0 saturated heterocycles. The summed E-state index contributed by atoms with van der Waals surface area (Å²) in [6, 6.07) is 2.18. The standard InChI is InChI=1S/C9H11BrN4/c1-7(3-11)5-14(2)9-8(10)4-12-6-13-9/h4,6-7H,5H2,1-2H3. The van der Waals surface area contributed by atoms with Gasteiger partial charge < -0.3 is 4.90 Å². The average Bonchev–Trinajstić information content (AvgIpc) is 2.18. The fraction of sp³-hybridized carbons (Fsp3) is 0.444. The van der Waals surface area contributed by atoms with E-state index in [2.05, 4.69) is 32.0 Å². The fourth-order valence-corrected chi connectivity index (χ4v) is 1.65. The molecule has 1 aromatic heterocycles. The molecular formula is C9H11BrN4. The molecule has 0 radical (unpaired) electrons. The lowest BCUT2D eigenvalue weighted by molar-refractivity contribution is 0.708. The highest BCUT2D eigenvalue weighted by Gasteiger charge is 2.09. The minimum absolute atomic E-state index is 0.0122. The minimum atomic E-state index is -0.0122. The van der Waals surface area contributed by atoms with Gasteiger partial charge >= 0.3 is 0 Å². The highest BCUT2D eigenvalue weighted by Crippen LogP contribution is 2.21. The topological polar surface area (TPSA) is 52.8 Å². The highest BCUT2D eigenvalue weighted by atomic mass is 79.9. The minimum Gasteiger partial charge on any atom is -0.357 e. The van der Waals surface area contributed by atoms with E-state index in [1.165, 1.54) is 6.33 Å². The van der Waals surface area contributed by atoms with Crippen molar-refractivity contribution < 1.29 is 0 Å². The van der Waals surface area contributed by atoms with Gasteiger partial charge in [0.15, 0.2) is 0 Å². The summed E-state index contributed by atoms with van der Waals surface area (Å²) >= 11 is 3.36. The molecule has 74 valence electrons. The van der Waals surface area contributed by atoms with E-state index in [0.29, 0.717) is 6.54 Å². The number of aromatic nitrogens is 2. The molecule has 1 aromatic rings. The second-order valence-electron chi connectivity index (χ2n) is 3.10. The summed E-state index contributed by atoms with van der Waals surface area (Å²) in [6.07, 6.45) is 3.18. The van der Waals surface area contributed by atoms with Gasteiger partial charge in [-0.15, -0.1) is 0 Å². The molecule has 14 heavy (non-hydrogen) atoms. The maximum Gasteiger partial charge on any atom is 0.146 e. The Morgan fingerprint density at radius 3 is 3.00 bits per heavy atom. The molecule has 0 spiro atoms. The van der Waals surface area contributed by atoms with Crippen LogP contribution in [0.4, 0.5) is 5.82 Å². The third-order valence-electron chi connectivity index (χ3n) is 1.78. The van der Waals surface area contributed by atoms with Gasteiger partial charge in [-0.25, -0.2) is 9.97 Å². The Labute approximate surface area is 91.7 Å². The Morgan fingerprint density at radius 2 is 2.43 bits per heavy atom. The summed E-state index contributed by atoms with van der Waals surface area (Å²) in [7, 11) is 1.90. The molecular weight excluding hydrogens is 244 g/mol. The molecule has 0 aliphatic heterocycles. The second-order valence-corrected chi connectivity index (χ2v) is 3.96. The quantitative estimate of drug-likeness (QED) is 0.826. The van der Waals surface area contributed by atoms with Crippen LogP contribution in [-0.2, 0) is 0 Å². The van der Waals surface area contributed by atoms with Crippen LogP contribution >= 0.6 is 15.9 Å². The maximum atomic E-state index is 8.68. The third kappa shape index (κ3) is 2.67. The van der Waals surface area contributed by atoms with E-state index in [0.717, 1.165) is 10.3 Å². The molecule has 0 N–H and O–H groups in total. The monoisotopic (exact) mass is 254 g/mol. The number of halogens is 1. The van der Waals surface area contributed by atoms with Crippen LogP contribution < -0.4 is 4.90 Å². The summed E-state index contributed by atoms with van der Waals surface area (Å²) in [5.74, 6) is 0.795. The predicted octanol–water partition coefficient (Wildman–Crippen LogP) is 1.83. The zero-order chi connectivity index (χ0) is 10.6. The summed E-state index contributed by atoms with van der Waals surface area (Å²) < 4.78 is 0.840. The summed E-state index contributed by atoms with van der Waals surface area (Å²) in [6.45, 7) is 2.54. The largest absolute Gasteiger partial charge is 0.357 e. The smallest absolute Gasteiger partial charge is 0.146 e. The first-order chi connectivity index (χ1) is 6.65. The van der Waals surface area contributed by atoms with Gasteiger partial charge in [0, 0.05) is 19.8 Å². The number of nitriles is 1. The molecule has 0 aromatic carbocycles. The van der Waals surface area contributed by atoms with Gasteiger partial charge in [0.05, 0.1) is 16.5 Å². The number of rotatable bonds is 3. The van der Waals surface area contributed by atoms with Crippen LogP contribution in [0.5, 0.6) is 0 Å². The third-order valence-corrected chi connectivity index (χ3v) is 2.34. The van der Waals surface area contributed by atoms with E-state index in [1.807, 2.05) is 18.9 Å². The lowest BCUT2D eigenvalue weighted by atomic mass is 10.2. The van der Waals surface area contributed by atoms with Crippen molar-refractivity contribution in [2.24, 2.45) is 5.92 Å². The van der Waals surface area contributed by atoms with Crippen molar-refractivity contribution in [1.82, 2.24) is 9.97 Å². The lowest BCUT2D eigenvalue weighted by Gasteiger charge is -2.19. The number of hydrogen-bond acceptors (Lipinski definition) is 4. The van der Waals surface area contributed by atoms with Crippen molar-refractivity contribution in [2.75, 3.05) is 18.5 Å². The Morgan fingerprint density at radius 1 is 1.71 bits per heavy atom. The molecule has 0 bridgehead atoms. The summed E-state index contributed by atoms with van der Waals surface area (Å²) in [4.78, 5) is 9.93. The zero-order valence-electron chi connectivity index (χ0n) is 8.11. The molecule has 1 unspecified atom stereocenters. The van der Waals surface area contributed by atoms with Crippen molar-refractivity contribution in [3.05, 3.63) is 17.0 Å². The van der Waals surface area contributed by atoms with Crippen LogP contribution in [-0.4, -0.2) is 23.6 Å². The molecule has 1 atom stereocenters. The van der Waals surface area contributed by atoms with Crippen LogP contribution in [0.2, 0.25) is 0 Å². The zero-order valence-corrected chi connectivity index (χ0v) is 9.69. The first-order valence-corrected chi connectivity index (χ1v) is 5.00. The van der Waals surface area contributed by atoms with Gasteiger partial charge in [-0.2, -0.15) is 5.26 Å². The molecule has 1 heterocycles. The number of anilines is 1.